The van der Waals surface area contributed by atoms with Gasteiger partial charge in [0.25, 0.3) is 0 Å². The van der Waals surface area contributed by atoms with Gasteiger partial charge in [0.05, 0.1) is 38.6 Å². The van der Waals surface area contributed by atoms with Crippen molar-refractivity contribution in [1.82, 2.24) is 10.2 Å². The molecule has 2 aromatic carbocycles. The lowest BCUT2D eigenvalue weighted by Crippen LogP contribution is -2.66. The van der Waals surface area contributed by atoms with E-state index in [2.05, 4.69) is 5.32 Å². The van der Waals surface area contributed by atoms with Gasteiger partial charge in [0.15, 0.2) is 0 Å². The molecule has 9 heteroatoms. The molecule has 0 aliphatic heterocycles. The molecule has 2 aliphatic rings. The molecule has 0 heterocycles. The van der Waals surface area contributed by atoms with Crippen LogP contribution in [0.1, 0.15) is 80.7 Å². The molecule has 0 aromatic heterocycles. The van der Waals surface area contributed by atoms with Gasteiger partial charge in [-0.25, -0.2) is 9.59 Å². The molecule has 0 radical (unpaired) electrons. The second-order valence-electron chi connectivity index (χ2n) is 11.0. The first-order valence-corrected chi connectivity index (χ1v) is 14.6. The summed E-state index contributed by atoms with van der Waals surface area (Å²) >= 11 is 0. The molecule has 9 nitrogen and oxygen atoms in total. The van der Waals surface area contributed by atoms with E-state index in [1.54, 1.807) is 12.0 Å². The summed E-state index contributed by atoms with van der Waals surface area (Å²) in [5, 5.41) is 12.8. The monoisotopic (exact) mass is 568 g/mol. The smallest absolute Gasteiger partial charge is 0.329 e. The lowest BCUT2D eigenvalue weighted by molar-refractivity contribution is -0.155. The highest BCUT2D eigenvalue weighted by atomic mass is 16.5. The van der Waals surface area contributed by atoms with E-state index >= 15 is 0 Å². The fourth-order valence-electron chi connectivity index (χ4n) is 5.63. The molecule has 2 amide bonds. The maximum Gasteiger partial charge on any atom is 0.329 e. The maximum absolute atomic E-state index is 13.8. The molecule has 224 valence electrons. The molecule has 2 fully saturated rings. The van der Waals surface area contributed by atoms with Crippen LogP contribution in [0.25, 0.3) is 0 Å². The van der Waals surface area contributed by atoms with Crippen molar-refractivity contribution in [3.05, 3.63) is 58.7 Å². The van der Waals surface area contributed by atoms with E-state index in [1.807, 2.05) is 64.1 Å². The molecule has 2 aliphatic carbocycles. The number of aliphatic carboxylic acids is 1. The molecule has 0 bridgehead atoms. The number of nitrogens with one attached hydrogen (secondary N) is 1. The molecule has 2 N–H and O–H groups in total. The normalized spacial score (nSPS) is 20.6. The van der Waals surface area contributed by atoms with Gasteiger partial charge in [-0.15, -0.1) is 0 Å². The quantitative estimate of drug-likeness (QED) is 0.270. The number of carbonyl (C=O) groups excluding carboxylic acids is 1. The Kier molecular flexibility index (Phi) is 10.1. The van der Waals surface area contributed by atoms with E-state index in [0.29, 0.717) is 25.7 Å². The maximum atomic E-state index is 13.8. The Labute approximate surface area is 243 Å². The van der Waals surface area contributed by atoms with E-state index in [9.17, 15) is 14.7 Å². The van der Waals surface area contributed by atoms with E-state index in [4.69, 9.17) is 18.9 Å². The van der Waals surface area contributed by atoms with Crippen LogP contribution in [0.3, 0.4) is 0 Å². The molecule has 1 atom stereocenters. The fourth-order valence-corrected chi connectivity index (χ4v) is 5.63. The predicted molar refractivity (Wildman–Crippen MR) is 156 cm³/mol. The number of hydrogen-bond donors (Lipinski definition) is 2. The Morgan fingerprint density at radius 3 is 2.39 bits per heavy atom. The number of hydrogen-bond acceptors (Lipinski definition) is 6. The van der Waals surface area contributed by atoms with Crippen LogP contribution in [0.2, 0.25) is 0 Å². The van der Waals surface area contributed by atoms with E-state index in [1.165, 1.54) is 0 Å². The molecule has 2 saturated carbocycles. The van der Waals surface area contributed by atoms with Gasteiger partial charge >= 0.3 is 12.0 Å². The molecule has 2 aromatic rings. The van der Waals surface area contributed by atoms with Gasteiger partial charge < -0.3 is 34.3 Å². The number of methoxy groups -OCH3 is 1. The van der Waals surface area contributed by atoms with Crippen LogP contribution in [0.5, 0.6) is 11.5 Å². The Morgan fingerprint density at radius 1 is 1.12 bits per heavy atom. The summed E-state index contributed by atoms with van der Waals surface area (Å²) < 4.78 is 23.6. The Hall–Kier alpha value is -3.30. The first-order valence-electron chi connectivity index (χ1n) is 14.6. The molecule has 0 spiro atoms. The number of urea groups is 1. The van der Waals surface area contributed by atoms with E-state index in [0.717, 1.165) is 46.6 Å². The third kappa shape index (κ3) is 6.96. The third-order valence-corrected chi connectivity index (χ3v) is 8.15. The van der Waals surface area contributed by atoms with Gasteiger partial charge in [0, 0.05) is 32.1 Å². The van der Waals surface area contributed by atoms with Crippen LogP contribution in [-0.4, -0.2) is 67.1 Å². The lowest BCUT2D eigenvalue weighted by Gasteiger charge is -2.45. The topological polar surface area (TPSA) is 107 Å². The summed E-state index contributed by atoms with van der Waals surface area (Å²) in [6.45, 7) is 9.89. The number of amides is 2. The first kappa shape index (κ1) is 30.7. The lowest BCUT2D eigenvalue weighted by atomic mass is 9.74. The highest BCUT2D eigenvalue weighted by molar-refractivity contribution is 5.87. The van der Waals surface area contributed by atoms with Crippen LogP contribution >= 0.6 is 0 Å². The van der Waals surface area contributed by atoms with E-state index < -0.39 is 23.6 Å². The van der Waals surface area contributed by atoms with Gasteiger partial charge in [-0.2, -0.15) is 0 Å². The van der Waals surface area contributed by atoms with Gasteiger partial charge in [-0.1, -0.05) is 30.3 Å². The van der Waals surface area contributed by atoms with Gasteiger partial charge in [0.1, 0.15) is 17.0 Å². The van der Waals surface area contributed by atoms with Crippen LogP contribution < -0.4 is 14.8 Å². The van der Waals surface area contributed by atoms with Crippen molar-refractivity contribution in [2.24, 2.45) is 0 Å². The standard InChI is InChI=1S/C32H44N2O7/c1-6-40-27-17-26(21(3)29(41-7-2)28(27)24-13-14-24)22(4)34(15-16-39-20-23-11-9-8-10-12-23)31(37)33-32(30(35)36)18-25(19-32)38-5/h8-12,17,22,24-25H,6-7,13-16,18-20H2,1-5H3,(H,33,37)(H,35,36). The summed E-state index contributed by atoms with van der Waals surface area (Å²) in [5.74, 6) is 0.965. The largest absolute Gasteiger partial charge is 0.493 e. The molecule has 0 saturated heterocycles. The first-order chi connectivity index (χ1) is 19.7. The number of carboxylic acids is 1. The average molecular weight is 569 g/mol. The van der Waals surface area contributed by atoms with Crippen molar-refractivity contribution in [1.29, 1.82) is 0 Å². The molecular formula is C32H44N2O7. The zero-order chi connectivity index (χ0) is 29.6. The van der Waals surface area contributed by atoms with Crippen LogP contribution in [-0.2, 0) is 20.9 Å². The van der Waals surface area contributed by atoms with Crippen molar-refractivity contribution in [2.75, 3.05) is 33.5 Å². The number of benzene rings is 2. The molecule has 1 unspecified atom stereocenters. The Bertz CT molecular complexity index is 1190. The molecule has 4 rings (SSSR count). The molecular weight excluding hydrogens is 524 g/mol. The minimum absolute atomic E-state index is 0.203. The number of nitrogens with zero attached hydrogens (tertiary/aromatic N) is 1. The van der Waals surface area contributed by atoms with Crippen LogP contribution in [0.4, 0.5) is 4.79 Å². The van der Waals surface area contributed by atoms with Crippen LogP contribution in [0, 0.1) is 6.92 Å². The summed E-state index contributed by atoms with van der Waals surface area (Å²) in [6, 6.07) is 11.0. The zero-order valence-corrected chi connectivity index (χ0v) is 24.9. The Balaban J connectivity index is 1.62. The van der Waals surface area contributed by atoms with Crippen molar-refractivity contribution in [3.8, 4) is 11.5 Å². The third-order valence-electron chi connectivity index (χ3n) is 8.15. The second kappa shape index (κ2) is 13.6. The van der Waals surface area contributed by atoms with Gasteiger partial charge in [-0.05, 0) is 69.2 Å². The van der Waals surface area contributed by atoms with Crippen LogP contribution in [0.15, 0.2) is 36.4 Å². The minimum atomic E-state index is -1.36. The number of ether oxygens (including phenoxy) is 4. The van der Waals surface area contributed by atoms with E-state index in [-0.39, 0.29) is 32.1 Å². The highest BCUT2D eigenvalue weighted by Crippen LogP contribution is 2.51. The predicted octanol–water partition coefficient (Wildman–Crippen LogP) is 5.59. The van der Waals surface area contributed by atoms with Crippen molar-refractivity contribution < 1.29 is 33.6 Å². The second-order valence-corrected chi connectivity index (χ2v) is 11.0. The summed E-state index contributed by atoms with van der Waals surface area (Å²) in [5.41, 5.74) is 2.64. The van der Waals surface area contributed by atoms with Gasteiger partial charge in [0.2, 0.25) is 0 Å². The fraction of sp³-hybridized carbons (Fsp3) is 0.562. The highest BCUT2D eigenvalue weighted by Gasteiger charge is 2.52. The summed E-state index contributed by atoms with van der Waals surface area (Å²) in [7, 11) is 1.55. The Morgan fingerprint density at radius 2 is 1.80 bits per heavy atom. The van der Waals surface area contributed by atoms with Gasteiger partial charge in [-0.3, -0.25) is 0 Å². The van der Waals surface area contributed by atoms with Crippen molar-refractivity contribution in [2.45, 2.75) is 83.6 Å². The molecule has 41 heavy (non-hydrogen) atoms. The summed E-state index contributed by atoms with van der Waals surface area (Å²) in [4.78, 5) is 27.7. The van der Waals surface area contributed by atoms with Crippen molar-refractivity contribution >= 4 is 12.0 Å². The number of carboxylic acid groups (broad SMARTS) is 1. The number of rotatable bonds is 15. The SMILES string of the molecule is CCOc1cc(C(C)N(CCOCc2ccccc2)C(=O)NC2(C(=O)O)CC(OC)C2)c(C)c(OCC)c1C1CC1. The zero-order valence-electron chi connectivity index (χ0n) is 24.9. The average Bonchev–Trinajstić information content (AvgIpc) is 3.77. The minimum Gasteiger partial charge on any atom is -0.493 e. The van der Waals surface area contributed by atoms with Crippen molar-refractivity contribution in [3.63, 3.8) is 0 Å². The number of carbonyl (C=O) groups is 2. The summed E-state index contributed by atoms with van der Waals surface area (Å²) in [6.07, 6.45) is 2.43.